The lowest BCUT2D eigenvalue weighted by atomic mass is 9.86. The van der Waals surface area contributed by atoms with Crippen molar-refractivity contribution in [1.82, 2.24) is 9.97 Å². The first-order valence-corrected chi connectivity index (χ1v) is 8.47. The smallest absolute Gasteiger partial charge is 0.137 e. The Labute approximate surface area is 129 Å². The van der Waals surface area contributed by atoms with E-state index in [1.165, 1.54) is 31.2 Å². The van der Waals surface area contributed by atoms with Gasteiger partial charge in [0, 0.05) is 25.2 Å². The molecule has 0 radical (unpaired) electrons. The van der Waals surface area contributed by atoms with Crippen LogP contribution in [-0.2, 0) is 6.42 Å². The zero-order valence-electron chi connectivity index (χ0n) is 14.0. The SMILES string of the molecule is CCCc1c(NCC)ncnc1N(C)C1CCCC(C)C1. The van der Waals surface area contributed by atoms with Crippen molar-refractivity contribution >= 4 is 11.6 Å². The van der Waals surface area contributed by atoms with Crippen molar-refractivity contribution in [2.24, 2.45) is 5.92 Å². The molecule has 1 saturated carbocycles. The normalized spacial score (nSPS) is 22.1. The monoisotopic (exact) mass is 290 g/mol. The van der Waals surface area contributed by atoms with Crippen LogP contribution in [0, 0.1) is 5.92 Å². The Morgan fingerprint density at radius 2 is 2.10 bits per heavy atom. The van der Waals surface area contributed by atoms with Crippen LogP contribution in [0.25, 0.3) is 0 Å². The zero-order chi connectivity index (χ0) is 15.2. The molecule has 0 bridgehead atoms. The Bertz CT molecular complexity index is 446. The molecule has 4 heteroatoms. The molecule has 118 valence electrons. The predicted molar refractivity (Wildman–Crippen MR) is 90.0 cm³/mol. The van der Waals surface area contributed by atoms with Gasteiger partial charge in [0.25, 0.3) is 0 Å². The number of nitrogens with one attached hydrogen (secondary N) is 1. The van der Waals surface area contributed by atoms with Crippen molar-refractivity contribution in [1.29, 1.82) is 0 Å². The minimum Gasteiger partial charge on any atom is -0.370 e. The highest BCUT2D eigenvalue weighted by Gasteiger charge is 2.25. The van der Waals surface area contributed by atoms with Crippen LogP contribution in [-0.4, -0.2) is 29.6 Å². The van der Waals surface area contributed by atoms with Crippen LogP contribution in [0.2, 0.25) is 0 Å². The van der Waals surface area contributed by atoms with E-state index in [0.29, 0.717) is 6.04 Å². The number of aromatic nitrogens is 2. The maximum atomic E-state index is 4.62. The third-order valence-electron chi connectivity index (χ3n) is 4.56. The van der Waals surface area contributed by atoms with Gasteiger partial charge in [-0.2, -0.15) is 0 Å². The van der Waals surface area contributed by atoms with Crippen LogP contribution >= 0.6 is 0 Å². The maximum absolute atomic E-state index is 4.62. The highest BCUT2D eigenvalue weighted by Crippen LogP contribution is 2.32. The summed E-state index contributed by atoms with van der Waals surface area (Å²) in [5, 5.41) is 3.39. The van der Waals surface area contributed by atoms with Gasteiger partial charge in [-0.15, -0.1) is 0 Å². The summed E-state index contributed by atoms with van der Waals surface area (Å²) in [6, 6.07) is 0.619. The van der Waals surface area contributed by atoms with Crippen molar-refractivity contribution in [3.05, 3.63) is 11.9 Å². The van der Waals surface area contributed by atoms with Crippen LogP contribution in [0.1, 0.15) is 58.4 Å². The van der Waals surface area contributed by atoms with Crippen LogP contribution in [0.5, 0.6) is 0 Å². The minimum atomic E-state index is 0.619. The fourth-order valence-corrected chi connectivity index (χ4v) is 3.43. The van der Waals surface area contributed by atoms with E-state index >= 15 is 0 Å². The highest BCUT2D eigenvalue weighted by atomic mass is 15.2. The van der Waals surface area contributed by atoms with Crippen molar-refractivity contribution in [3.63, 3.8) is 0 Å². The van der Waals surface area contributed by atoms with Crippen molar-refractivity contribution in [2.75, 3.05) is 23.8 Å². The summed E-state index contributed by atoms with van der Waals surface area (Å²) in [5.41, 5.74) is 1.28. The molecular formula is C17H30N4. The fraction of sp³-hybridized carbons (Fsp3) is 0.765. The average molecular weight is 290 g/mol. The molecule has 0 saturated heterocycles. The van der Waals surface area contributed by atoms with E-state index in [0.717, 1.165) is 36.9 Å². The Morgan fingerprint density at radius 3 is 2.76 bits per heavy atom. The van der Waals surface area contributed by atoms with E-state index in [1.807, 2.05) is 0 Å². The number of hydrogen-bond donors (Lipinski definition) is 1. The highest BCUT2D eigenvalue weighted by molar-refractivity contribution is 5.59. The molecular weight excluding hydrogens is 260 g/mol. The zero-order valence-corrected chi connectivity index (χ0v) is 14.0. The Kier molecular flexibility index (Phi) is 5.83. The Morgan fingerprint density at radius 1 is 1.29 bits per heavy atom. The lowest BCUT2D eigenvalue weighted by Gasteiger charge is -2.36. The van der Waals surface area contributed by atoms with Crippen molar-refractivity contribution in [2.45, 2.75) is 65.3 Å². The van der Waals surface area contributed by atoms with Crippen LogP contribution in [0.15, 0.2) is 6.33 Å². The molecule has 1 fully saturated rings. The summed E-state index contributed by atoms with van der Waals surface area (Å²) >= 11 is 0. The summed E-state index contributed by atoms with van der Waals surface area (Å²) in [5.74, 6) is 2.97. The Hall–Kier alpha value is -1.32. The topological polar surface area (TPSA) is 41.1 Å². The maximum Gasteiger partial charge on any atom is 0.137 e. The van der Waals surface area contributed by atoms with Gasteiger partial charge < -0.3 is 10.2 Å². The van der Waals surface area contributed by atoms with Gasteiger partial charge in [0.05, 0.1) is 0 Å². The minimum absolute atomic E-state index is 0.619. The molecule has 1 aliphatic carbocycles. The van der Waals surface area contributed by atoms with E-state index < -0.39 is 0 Å². The van der Waals surface area contributed by atoms with Gasteiger partial charge in [-0.25, -0.2) is 9.97 Å². The molecule has 1 N–H and O–H groups in total. The summed E-state index contributed by atoms with van der Waals surface area (Å²) in [6.07, 6.45) is 9.13. The summed E-state index contributed by atoms with van der Waals surface area (Å²) in [7, 11) is 2.21. The largest absolute Gasteiger partial charge is 0.370 e. The number of hydrogen-bond acceptors (Lipinski definition) is 4. The molecule has 4 nitrogen and oxygen atoms in total. The van der Waals surface area contributed by atoms with Gasteiger partial charge in [-0.05, 0) is 32.1 Å². The van der Waals surface area contributed by atoms with E-state index in [1.54, 1.807) is 6.33 Å². The molecule has 1 aromatic heterocycles. The first kappa shape index (κ1) is 16.1. The molecule has 1 aliphatic rings. The van der Waals surface area contributed by atoms with Gasteiger partial charge in [0.15, 0.2) is 0 Å². The van der Waals surface area contributed by atoms with Crippen molar-refractivity contribution < 1.29 is 0 Å². The third-order valence-corrected chi connectivity index (χ3v) is 4.56. The first-order chi connectivity index (χ1) is 10.2. The lowest BCUT2D eigenvalue weighted by molar-refractivity contribution is 0.335. The second-order valence-electron chi connectivity index (χ2n) is 6.34. The molecule has 0 aliphatic heterocycles. The van der Waals surface area contributed by atoms with Crippen molar-refractivity contribution in [3.8, 4) is 0 Å². The van der Waals surface area contributed by atoms with E-state index in [2.05, 4.69) is 48.0 Å². The van der Waals surface area contributed by atoms with E-state index in [9.17, 15) is 0 Å². The fourth-order valence-electron chi connectivity index (χ4n) is 3.43. The first-order valence-electron chi connectivity index (χ1n) is 8.47. The van der Waals surface area contributed by atoms with E-state index in [-0.39, 0.29) is 0 Å². The van der Waals surface area contributed by atoms with E-state index in [4.69, 9.17) is 0 Å². The molecule has 1 heterocycles. The molecule has 2 unspecified atom stereocenters. The van der Waals surface area contributed by atoms with Gasteiger partial charge >= 0.3 is 0 Å². The lowest BCUT2D eigenvalue weighted by Crippen LogP contribution is -2.36. The standard InChI is InChI=1S/C17H30N4/c1-5-8-15-16(18-6-2)19-12-20-17(15)21(4)14-10-7-9-13(3)11-14/h12-14H,5-11H2,1-4H3,(H,18,19,20). The summed E-state index contributed by atoms with van der Waals surface area (Å²) in [4.78, 5) is 11.5. The molecule has 2 atom stereocenters. The average Bonchev–Trinajstić information content (AvgIpc) is 2.49. The van der Waals surface area contributed by atoms with Gasteiger partial charge in [0.2, 0.25) is 0 Å². The number of anilines is 2. The predicted octanol–water partition coefficient (Wildman–Crippen LogP) is 3.88. The second kappa shape index (κ2) is 7.62. The molecule has 0 spiro atoms. The molecule has 2 rings (SSSR count). The quantitative estimate of drug-likeness (QED) is 0.863. The number of rotatable bonds is 6. The molecule has 1 aromatic rings. The van der Waals surface area contributed by atoms with Crippen LogP contribution in [0.4, 0.5) is 11.6 Å². The summed E-state index contributed by atoms with van der Waals surface area (Å²) in [6.45, 7) is 7.60. The Balaban J connectivity index is 2.26. The summed E-state index contributed by atoms with van der Waals surface area (Å²) < 4.78 is 0. The van der Waals surface area contributed by atoms with Crippen LogP contribution < -0.4 is 10.2 Å². The molecule has 21 heavy (non-hydrogen) atoms. The second-order valence-corrected chi connectivity index (χ2v) is 6.34. The molecule has 0 aromatic carbocycles. The molecule has 0 amide bonds. The van der Waals surface area contributed by atoms with Gasteiger partial charge in [-0.1, -0.05) is 33.1 Å². The van der Waals surface area contributed by atoms with Crippen LogP contribution in [0.3, 0.4) is 0 Å². The third kappa shape index (κ3) is 3.86. The number of nitrogens with zero attached hydrogens (tertiary/aromatic N) is 3. The van der Waals surface area contributed by atoms with Gasteiger partial charge in [0.1, 0.15) is 18.0 Å². The van der Waals surface area contributed by atoms with Gasteiger partial charge in [-0.3, -0.25) is 0 Å².